The van der Waals surface area contributed by atoms with Crippen molar-refractivity contribution >= 4 is 17.3 Å². The van der Waals surface area contributed by atoms with Crippen molar-refractivity contribution in [1.82, 2.24) is 4.98 Å². The zero-order valence-corrected chi connectivity index (χ0v) is 10.6. The van der Waals surface area contributed by atoms with Crippen LogP contribution in [0.5, 0.6) is 5.75 Å². The number of carbonyl (C=O) groups excluding carboxylic acids is 1. The number of nitro groups is 1. The molecule has 0 bridgehead atoms. The minimum atomic E-state index is -0.714. The molecule has 2 rings (SSSR count). The molecule has 0 saturated heterocycles. The lowest BCUT2D eigenvalue weighted by molar-refractivity contribution is -0.385. The van der Waals surface area contributed by atoms with Crippen molar-refractivity contribution in [3.8, 4) is 5.75 Å². The maximum absolute atomic E-state index is 12.2. The molecular weight excluding hydrogens is 262 g/mol. The van der Waals surface area contributed by atoms with Crippen molar-refractivity contribution in [3.63, 3.8) is 0 Å². The number of aromatic nitrogens is 1. The number of phenols is 1. The number of anilines is 1. The third-order valence-corrected chi connectivity index (χ3v) is 2.76. The highest BCUT2D eigenvalue weighted by atomic mass is 16.6. The highest BCUT2D eigenvalue weighted by Crippen LogP contribution is 2.27. The van der Waals surface area contributed by atoms with Gasteiger partial charge >= 0.3 is 5.69 Å². The molecule has 7 nitrogen and oxygen atoms in total. The topological polar surface area (TPSA) is 96.6 Å². The monoisotopic (exact) mass is 273 g/mol. The molecule has 0 radical (unpaired) electrons. The molecule has 1 aromatic heterocycles. The van der Waals surface area contributed by atoms with Gasteiger partial charge in [-0.2, -0.15) is 0 Å². The second kappa shape index (κ2) is 5.35. The predicted molar refractivity (Wildman–Crippen MR) is 71.7 cm³/mol. The fourth-order valence-electron chi connectivity index (χ4n) is 1.67. The first-order valence-corrected chi connectivity index (χ1v) is 5.66. The number of aromatic hydroxyl groups is 1. The summed E-state index contributed by atoms with van der Waals surface area (Å²) in [6.07, 6.45) is 3.10. The van der Waals surface area contributed by atoms with Gasteiger partial charge in [0.25, 0.3) is 5.91 Å². The Morgan fingerprint density at radius 1 is 1.40 bits per heavy atom. The first kappa shape index (κ1) is 13.5. The molecule has 0 fully saturated rings. The number of nitro benzene ring substituents is 1. The maximum atomic E-state index is 12.2. The van der Waals surface area contributed by atoms with Gasteiger partial charge in [-0.25, -0.2) is 0 Å². The van der Waals surface area contributed by atoms with Crippen molar-refractivity contribution in [2.24, 2.45) is 0 Å². The van der Waals surface area contributed by atoms with Crippen molar-refractivity contribution in [2.45, 2.75) is 0 Å². The summed E-state index contributed by atoms with van der Waals surface area (Å²) in [5, 5.41) is 20.1. The van der Waals surface area contributed by atoms with Crippen molar-refractivity contribution in [3.05, 3.63) is 58.4 Å². The summed E-state index contributed by atoms with van der Waals surface area (Å²) < 4.78 is 0. The molecule has 20 heavy (non-hydrogen) atoms. The van der Waals surface area contributed by atoms with Crippen LogP contribution in [0.3, 0.4) is 0 Å². The Morgan fingerprint density at radius 2 is 2.15 bits per heavy atom. The van der Waals surface area contributed by atoms with E-state index >= 15 is 0 Å². The summed E-state index contributed by atoms with van der Waals surface area (Å²) in [4.78, 5) is 27.3. The number of phenolic OH excluding ortho intramolecular Hbond substituents is 1. The molecular formula is C13H11N3O4. The zero-order valence-electron chi connectivity index (χ0n) is 10.6. The van der Waals surface area contributed by atoms with Gasteiger partial charge in [0.15, 0.2) is 5.75 Å². The van der Waals surface area contributed by atoms with Gasteiger partial charge in [0, 0.05) is 24.9 Å². The van der Waals surface area contributed by atoms with E-state index in [2.05, 4.69) is 4.98 Å². The quantitative estimate of drug-likeness (QED) is 0.681. The predicted octanol–water partition coefficient (Wildman–Crippen LogP) is 1.97. The summed E-state index contributed by atoms with van der Waals surface area (Å²) in [5.74, 6) is -0.941. The number of hydrogen-bond acceptors (Lipinski definition) is 5. The molecule has 0 aliphatic rings. The van der Waals surface area contributed by atoms with E-state index in [0.29, 0.717) is 5.69 Å². The van der Waals surface area contributed by atoms with E-state index in [0.717, 1.165) is 12.1 Å². The van der Waals surface area contributed by atoms with E-state index in [1.807, 2.05) is 0 Å². The first-order chi connectivity index (χ1) is 9.50. The maximum Gasteiger partial charge on any atom is 0.310 e. The van der Waals surface area contributed by atoms with Crippen molar-refractivity contribution < 1.29 is 14.8 Å². The highest BCUT2D eigenvalue weighted by molar-refractivity contribution is 6.06. The largest absolute Gasteiger partial charge is 0.502 e. The van der Waals surface area contributed by atoms with E-state index in [4.69, 9.17) is 0 Å². The minimum absolute atomic E-state index is 0.152. The fraction of sp³-hybridized carbons (Fsp3) is 0.0769. The first-order valence-electron chi connectivity index (χ1n) is 5.66. The molecule has 1 amide bonds. The third kappa shape index (κ3) is 2.56. The van der Waals surface area contributed by atoms with Crippen LogP contribution in [0.4, 0.5) is 11.4 Å². The molecule has 102 valence electrons. The Kier molecular flexibility index (Phi) is 3.60. The number of rotatable bonds is 3. The van der Waals surface area contributed by atoms with Gasteiger partial charge < -0.3 is 10.0 Å². The Balaban J connectivity index is 2.30. The number of pyridine rings is 1. The number of carbonyl (C=O) groups is 1. The Morgan fingerprint density at radius 3 is 2.70 bits per heavy atom. The molecule has 2 aromatic rings. The smallest absolute Gasteiger partial charge is 0.310 e. The number of amides is 1. The molecule has 7 heteroatoms. The normalized spacial score (nSPS) is 10.1. The third-order valence-electron chi connectivity index (χ3n) is 2.76. The van der Waals surface area contributed by atoms with Gasteiger partial charge in [-0.1, -0.05) is 0 Å². The molecule has 0 spiro atoms. The van der Waals surface area contributed by atoms with E-state index in [1.165, 1.54) is 17.2 Å². The molecule has 0 saturated carbocycles. The van der Waals surface area contributed by atoms with Crippen LogP contribution in [-0.2, 0) is 0 Å². The van der Waals surface area contributed by atoms with Crippen LogP contribution < -0.4 is 4.90 Å². The van der Waals surface area contributed by atoms with Crippen LogP contribution >= 0.6 is 0 Å². The SMILES string of the molecule is CN(C(=O)c1ccc([N+](=O)[O-])c(O)c1)c1cccnc1. The fourth-order valence-corrected chi connectivity index (χ4v) is 1.67. The summed E-state index contributed by atoms with van der Waals surface area (Å²) in [7, 11) is 1.55. The average Bonchev–Trinajstić information content (AvgIpc) is 2.46. The second-order valence-electron chi connectivity index (χ2n) is 4.04. The molecule has 0 aliphatic carbocycles. The van der Waals surface area contributed by atoms with E-state index in [-0.39, 0.29) is 5.56 Å². The van der Waals surface area contributed by atoms with Gasteiger partial charge in [0.05, 0.1) is 16.8 Å². The number of hydrogen-bond donors (Lipinski definition) is 1. The van der Waals surface area contributed by atoms with Gasteiger partial charge in [0.2, 0.25) is 0 Å². The standard InChI is InChI=1S/C13H11N3O4/c1-15(10-3-2-6-14-8-10)13(18)9-4-5-11(16(19)20)12(17)7-9/h2-8,17H,1H3. The van der Waals surface area contributed by atoms with E-state index in [1.54, 1.807) is 25.4 Å². The van der Waals surface area contributed by atoms with Crippen LogP contribution in [0.1, 0.15) is 10.4 Å². The Labute approximate surface area is 114 Å². The second-order valence-corrected chi connectivity index (χ2v) is 4.04. The average molecular weight is 273 g/mol. The number of nitrogens with zero attached hydrogens (tertiary/aromatic N) is 3. The van der Waals surface area contributed by atoms with Crippen LogP contribution in [0.15, 0.2) is 42.7 Å². The van der Waals surface area contributed by atoms with Gasteiger partial charge in [-0.05, 0) is 24.3 Å². The van der Waals surface area contributed by atoms with Gasteiger partial charge in [-0.15, -0.1) is 0 Å². The molecule has 0 aliphatic heterocycles. The highest BCUT2D eigenvalue weighted by Gasteiger charge is 2.19. The lowest BCUT2D eigenvalue weighted by Crippen LogP contribution is -2.26. The lowest BCUT2D eigenvalue weighted by Gasteiger charge is -2.16. The summed E-state index contributed by atoms with van der Waals surface area (Å²) >= 11 is 0. The zero-order chi connectivity index (χ0) is 14.7. The summed E-state index contributed by atoms with van der Waals surface area (Å²) in [6, 6.07) is 6.86. The van der Waals surface area contributed by atoms with E-state index < -0.39 is 22.3 Å². The Bertz CT molecular complexity index is 658. The van der Waals surface area contributed by atoms with Crippen molar-refractivity contribution in [2.75, 3.05) is 11.9 Å². The molecule has 0 atom stereocenters. The summed E-state index contributed by atoms with van der Waals surface area (Å²) in [6.45, 7) is 0. The van der Waals surface area contributed by atoms with Gasteiger partial charge in [0.1, 0.15) is 0 Å². The van der Waals surface area contributed by atoms with E-state index in [9.17, 15) is 20.0 Å². The molecule has 1 heterocycles. The molecule has 1 N–H and O–H groups in total. The van der Waals surface area contributed by atoms with Crippen LogP contribution in [0.2, 0.25) is 0 Å². The van der Waals surface area contributed by atoms with Gasteiger partial charge in [-0.3, -0.25) is 19.9 Å². The lowest BCUT2D eigenvalue weighted by atomic mass is 10.1. The Hall–Kier alpha value is -2.96. The van der Waals surface area contributed by atoms with Crippen molar-refractivity contribution in [1.29, 1.82) is 0 Å². The molecule has 1 aromatic carbocycles. The molecule has 0 unspecified atom stereocenters. The summed E-state index contributed by atoms with van der Waals surface area (Å²) in [5.41, 5.74) is 0.292. The van der Waals surface area contributed by atoms with Crippen LogP contribution in [-0.4, -0.2) is 28.0 Å². The van der Waals surface area contributed by atoms with Crippen LogP contribution in [0, 0.1) is 10.1 Å². The number of benzene rings is 1. The minimum Gasteiger partial charge on any atom is -0.502 e. The van der Waals surface area contributed by atoms with Crippen LogP contribution in [0.25, 0.3) is 0 Å².